The number of aromatic nitrogens is 1. The number of nitriles is 1. The maximum Gasteiger partial charge on any atom is 0.156 e. The molecule has 4 heteroatoms. The van der Waals surface area contributed by atoms with Gasteiger partial charge in [-0.3, -0.25) is 10.7 Å². The number of rotatable bonds is 4. The topological polar surface area (TPSA) is 71.9 Å². The molecule has 2 unspecified atom stereocenters. The fourth-order valence-electron chi connectivity index (χ4n) is 2.48. The Bertz CT molecular complexity index is 762. The van der Waals surface area contributed by atoms with Crippen molar-refractivity contribution in [3.8, 4) is 6.07 Å². The Kier molecular flexibility index (Phi) is 4.33. The second-order valence-corrected chi connectivity index (χ2v) is 5.43. The first kappa shape index (κ1) is 15.2. The molecule has 0 fully saturated rings. The zero-order chi connectivity index (χ0) is 16.1. The minimum atomic E-state index is -1.13. The molecule has 1 aliphatic rings. The zero-order valence-corrected chi connectivity index (χ0v) is 12.6. The van der Waals surface area contributed by atoms with Gasteiger partial charge in [0.1, 0.15) is 5.92 Å². The molecule has 0 bridgehead atoms. The first-order valence-corrected chi connectivity index (χ1v) is 7.39. The quantitative estimate of drug-likeness (QED) is 0.881. The van der Waals surface area contributed by atoms with E-state index in [1.807, 2.05) is 54.6 Å². The van der Waals surface area contributed by atoms with Crippen LogP contribution >= 0.6 is 0 Å². The number of pyridine rings is 1. The monoisotopic (exact) mass is 303 g/mol. The van der Waals surface area contributed by atoms with Gasteiger partial charge in [0, 0.05) is 12.4 Å². The second kappa shape index (κ2) is 6.57. The Morgan fingerprint density at radius 3 is 2.61 bits per heavy atom. The lowest BCUT2D eigenvalue weighted by atomic mass is 9.87. The van der Waals surface area contributed by atoms with Crippen molar-refractivity contribution in [2.75, 3.05) is 0 Å². The van der Waals surface area contributed by atoms with Crippen LogP contribution in [0.5, 0.6) is 0 Å². The highest BCUT2D eigenvalue weighted by atomic mass is 16.5. The number of benzene rings is 1. The number of allylic oxidation sites excluding steroid dienone is 2. The maximum absolute atomic E-state index is 9.49. The summed E-state index contributed by atoms with van der Waals surface area (Å²) in [5.41, 5.74) is 8.18. The van der Waals surface area contributed by atoms with Gasteiger partial charge in [-0.05, 0) is 34.9 Å². The molecule has 0 saturated carbocycles. The van der Waals surface area contributed by atoms with E-state index in [0.717, 1.165) is 16.7 Å². The first-order valence-electron chi connectivity index (χ1n) is 7.39. The predicted molar refractivity (Wildman–Crippen MR) is 88.6 cm³/mol. The number of hydrogen-bond acceptors (Lipinski definition) is 4. The van der Waals surface area contributed by atoms with Gasteiger partial charge in [0.05, 0.1) is 12.7 Å². The van der Waals surface area contributed by atoms with Gasteiger partial charge in [0.25, 0.3) is 0 Å². The van der Waals surface area contributed by atoms with Crippen molar-refractivity contribution >= 4 is 5.57 Å². The van der Waals surface area contributed by atoms with Gasteiger partial charge in [-0.15, -0.1) is 0 Å². The van der Waals surface area contributed by atoms with E-state index in [1.54, 1.807) is 18.5 Å². The molecule has 0 amide bonds. The Hall–Kier alpha value is -2.74. The van der Waals surface area contributed by atoms with Gasteiger partial charge >= 0.3 is 0 Å². The van der Waals surface area contributed by atoms with E-state index >= 15 is 0 Å². The van der Waals surface area contributed by atoms with Crippen LogP contribution in [0.3, 0.4) is 0 Å². The smallest absolute Gasteiger partial charge is 0.156 e. The van der Waals surface area contributed by atoms with Gasteiger partial charge < -0.3 is 4.74 Å². The van der Waals surface area contributed by atoms with Gasteiger partial charge in [-0.1, -0.05) is 42.5 Å². The molecule has 2 atom stereocenters. The summed E-state index contributed by atoms with van der Waals surface area (Å²) in [6.07, 6.45) is 8.95. The second-order valence-electron chi connectivity index (χ2n) is 5.43. The van der Waals surface area contributed by atoms with Crippen molar-refractivity contribution in [3.05, 3.63) is 84.2 Å². The van der Waals surface area contributed by atoms with Crippen LogP contribution in [0.2, 0.25) is 0 Å². The van der Waals surface area contributed by atoms with E-state index in [1.165, 1.54) is 0 Å². The SMILES string of the molecule is N#CC1C=C(c2ccccc2)C=CC1(N)OCc1ccncc1. The number of nitrogens with zero attached hydrogens (tertiary/aromatic N) is 2. The lowest BCUT2D eigenvalue weighted by Crippen LogP contribution is -2.47. The lowest BCUT2D eigenvalue weighted by Gasteiger charge is -2.32. The molecule has 1 heterocycles. The van der Waals surface area contributed by atoms with Gasteiger partial charge in [0.2, 0.25) is 0 Å². The molecule has 0 saturated heterocycles. The molecule has 0 spiro atoms. The Morgan fingerprint density at radius 1 is 1.17 bits per heavy atom. The van der Waals surface area contributed by atoms with Gasteiger partial charge in [-0.25, -0.2) is 0 Å². The standard InChI is InChI=1S/C19H17N3O/c20-13-18-12-17(16-4-2-1-3-5-16)6-9-19(18,21)23-14-15-7-10-22-11-8-15/h1-12,18H,14,21H2. The highest BCUT2D eigenvalue weighted by molar-refractivity contribution is 5.76. The minimum absolute atomic E-state index is 0.329. The van der Waals surface area contributed by atoms with Crippen LogP contribution in [0.4, 0.5) is 0 Å². The summed E-state index contributed by atoms with van der Waals surface area (Å²) < 4.78 is 5.84. The predicted octanol–water partition coefficient (Wildman–Crippen LogP) is 3.05. The third-order valence-corrected chi connectivity index (χ3v) is 3.84. The summed E-state index contributed by atoms with van der Waals surface area (Å²) >= 11 is 0. The van der Waals surface area contributed by atoms with Crippen molar-refractivity contribution in [1.82, 2.24) is 4.98 Å². The van der Waals surface area contributed by atoms with Crippen LogP contribution in [0.25, 0.3) is 5.57 Å². The molecule has 2 N–H and O–H groups in total. The first-order chi connectivity index (χ1) is 11.2. The van der Waals surface area contributed by atoms with E-state index in [-0.39, 0.29) is 0 Å². The molecule has 1 aromatic heterocycles. The largest absolute Gasteiger partial charge is 0.351 e. The Balaban J connectivity index is 1.78. The molecule has 2 aromatic rings. The molecule has 114 valence electrons. The van der Waals surface area contributed by atoms with Crippen molar-refractivity contribution in [1.29, 1.82) is 5.26 Å². The lowest BCUT2D eigenvalue weighted by molar-refractivity contribution is -0.0323. The molecule has 23 heavy (non-hydrogen) atoms. The van der Waals surface area contributed by atoms with Gasteiger partial charge in [-0.2, -0.15) is 5.26 Å². The summed E-state index contributed by atoms with van der Waals surface area (Å²) in [5.74, 6) is -0.551. The molecule has 0 radical (unpaired) electrons. The summed E-state index contributed by atoms with van der Waals surface area (Å²) in [6, 6.07) is 15.9. The van der Waals surface area contributed by atoms with Crippen LogP contribution in [0.1, 0.15) is 11.1 Å². The van der Waals surface area contributed by atoms with Crippen LogP contribution < -0.4 is 5.73 Å². The average Bonchev–Trinajstić information content (AvgIpc) is 2.62. The van der Waals surface area contributed by atoms with E-state index in [2.05, 4.69) is 11.1 Å². The fourth-order valence-corrected chi connectivity index (χ4v) is 2.48. The van der Waals surface area contributed by atoms with Crippen LogP contribution in [0.15, 0.2) is 73.1 Å². The molecular weight excluding hydrogens is 286 g/mol. The summed E-state index contributed by atoms with van der Waals surface area (Å²) in [4.78, 5) is 3.97. The zero-order valence-electron chi connectivity index (χ0n) is 12.6. The molecule has 1 aliphatic carbocycles. The van der Waals surface area contributed by atoms with Crippen molar-refractivity contribution in [2.24, 2.45) is 11.7 Å². The van der Waals surface area contributed by atoms with E-state index in [9.17, 15) is 5.26 Å². The third kappa shape index (κ3) is 3.37. The van der Waals surface area contributed by atoms with E-state index in [4.69, 9.17) is 10.5 Å². The van der Waals surface area contributed by atoms with Crippen LogP contribution in [-0.4, -0.2) is 10.7 Å². The fraction of sp³-hybridized carbons (Fsp3) is 0.158. The van der Waals surface area contributed by atoms with Gasteiger partial charge in [0.15, 0.2) is 5.72 Å². The van der Waals surface area contributed by atoms with Crippen LogP contribution in [0, 0.1) is 17.2 Å². The molecule has 0 aliphatic heterocycles. The summed E-state index contributed by atoms with van der Waals surface area (Å²) in [5, 5.41) is 9.49. The number of hydrogen-bond donors (Lipinski definition) is 1. The summed E-state index contributed by atoms with van der Waals surface area (Å²) in [6.45, 7) is 0.329. The minimum Gasteiger partial charge on any atom is -0.351 e. The highest BCUT2D eigenvalue weighted by Gasteiger charge is 2.35. The molecule has 1 aromatic carbocycles. The van der Waals surface area contributed by atoms with Crippen molar-refractivity contribution in [3.63, 3.8) is 0 Å². The van der Waals surface area contributed by atoms with Crippen molar-refractivity contribution < 1.29 is 4.74 Å². The molecule has 3 rings (SSSR count). The normalized spacial score (nSPS) is 23.1. The van der Waals surface area contributed by atoms with E-state index < -0.39 is 11.6 Å². The highest BCUT2D eigenvalue weighted by Crippen LogP contribution is 2.31. The summed E-state index contributed by atoms with van der Waals surface area (Å²) in [7, 11) is 0. The molecule has 4 nitrogen and oxygen atoms in total. The Labute approximate surface area is 135 Å². The number of nitrogens with two attached hydrogens (primary N) is 1. The van der Waals surface area contributed by atoms with Crippen molar-refractivity contribution in [2.45, 2.75) is 12.3 Å². The molecular formula is C19H17N3O. The number of ether oxygens (including phenoxy) is 1. The maximum atomic E-state index is 9.49. The van der Waals surface area contributed by atoms with Crippen LogP contribution in [-0.2, 0) is 11.3 Å². The Morgan fingerprint density at radius 2 is 1.91 bits per heavy atom. The average molecular weight is 303 g/mol. The third-order valence-electron chi connectivity index (χ3n) is 3.84. The van der Waals surface area contributed by atoms with E-state index in [0.29, 0.717) is 6.61 Å².